The van der Waals surface area contributed by atoms with Gasteiger partial charge in [-0.15, -0.1) is 0 Å². The summed E-state index contributed by atoms with van der Waals surface area (Å²) in [5, 5.41) is 0. The zero-order chi connectivity index (χ0) is 14.7. The van der Waals surface area contributed by atoms with Gasteiger partial charge in [0.15, 0.2) is 0 Å². The van der Waals surface area contributed by atoms with Gasteiger partial charge in [-0.3, -0.25) is 0 Å². The lowest BCUT2D eigenvalue weighted by atomic mass is 9.95. The zero-order valence-corrected chi connectivity index (χ0v) is 13.2. The number of rotatable bonds is 4. The SMILES string of the molecule is C[C@H](N)c1cccnc1N1CCC(CN2CCCC2)CC1. The molecule has 0 unspecified atom stereocenters. The Morgan fingerprint density at radius 3 is 2.62 bits per heavy atom. The van der Waals surface area contributed by atoms with Crippen LogP contribution in [0.4, 0.5) is 5.82 Å². The highest BCUT2D eigenvalue weighted by Crippen LogP contribution is 2.28. The second-order valence-corrected chi connectivity index (χ2v) is 6.64. The van der Waals surface area contributed by atoms with E-state index in [-0.39, 0.29) is 6.04 Å². The Balaban J connectivity index is 1.58. The van der Waals surface area contributed by atoms with Crippen LogP contribution in [0.2, 0.25) is 0 Å². The van der Waals surface area contributed by atoms with Crippen LogP contribution in [0.1, 0.15) is 44.2 Å². The first-order valence-corrected chi connectivity index (χ1v) is 8.42. The minimum Gasteiger partial charge on any atom is -0.356 e. The quantitative estimate of drug-likeness (QED) is 0.924. The first-order valence-electron chi connectivity index (χ1n) is 8.42. The molecule has 2 fully saturated rings. The first kappa shape index (κ1) is 14.8. The zero-order valence-electron chi connectivity index (χ0n) is 13.2. The molecule has 0 aromatic carbocycles. The number of nitrogens with two attached hydrogens (primary N) is 1. The molecule has 4 nitrogen and oxygen atoms in total. The van der Waals surface area contributed by atoms with Crippen molar-refractivity contribution in [3.05, 3.63) is 23.9 Å². The van der Waals surface area contributed by atoms with Gasteiger partial charge < -0.3 is 15.5 Å². The molecule has 3 heterocycles. The number of nitrogens with zero attached hydrogens (tertiary/aromatic N) is 3. The summed E-state index contributed by atoms with van der Waals surface area (Å²) in [6, 6.07) is 4.15. The molecule has 0 aliphatic carbocycles. The van der Waals surface area contributed by atoms with Gasteiger partial charge in [0.05, 0.1) is 0 Å². The summed E-state index contributed by atoms with van der Waals surface area (Å²) in [5.41, 5.74) is 7.26. The number of pyridine rings is 1. The summed E-state index contributed by atoms with van der Waals surface area (Å²) in [7, 11) is 0. The van der Waals surface area contributed by atoms with Crippen molar-refractivity contribution in [2.45, 2.75) is 38.6 Å². The van der Waals surface area contributed by atoms with Crippen LogP contribution in [-0.4, -0.2) is 42.6 Å². The molecule has 2 aliphatic heterocycles. The summed E-state index contributed by atoms with van der Waals surface area (Å²) in [4.78, 5) is 9.66. The molecule has 1 aromatic heterocycles. The molecule has 116 valence electrons. The fraction of sp³-hybridized carbons (Fsp3) is 0.706. The fourth-order valence-corrected chi connectivity index (χ4v) is 3.69. The third kappa shape index (κ3) is 3.55. The minimum atomic E-state index is 0.0519. The molecule has 0 radical (unpaired) electrons. The maximum atomic E-state index is 6.08. The van der Waals surface area contributed by atoms with E-state index in [2.05, 4.69) is 20.9 Å². The Labute approximate surface area is 128 Å². The Bertz CT molecular complexity index is 446. The third-order valence-electron chi connectivity index (χ3n) is 4.94. The number of hydrogen-bond donors (Lipinski definition) is 1. The average molecular weight is 288 g/mol. The van der Waals surface area contributed by atoms with Crippen molar-refractivity contribution in [3.63, 3.8) is 0 Å². The molecule has 0 bridgehead atoms. The van der Waals surface area contributed by atoms with Crippen LogP contribution in [0.25, 0.3) is 0 Å². The molecule has 2 saturated heterocycles. The molecular weight excluding hydrogens is 260 g/mol. The molecule has 2 aliphatic rings. The van der Waals surface area contributed by atoms with Crippen molar-refractivity contribution in [3.8, 4) is 0 Å². The van der Waals surface area contributed by atoms with Crippen molar-refractivity contribution in [1.29, 1.82) is 0 Å². The van der Waals surface area contributed by atoms with E-state index in [1.54, 1.807) is 0 Å². The van der Waals surface area contributed by atoms with Crippen LogP contribution in [-0.2, 0) is 0 Å². The van der Waals surface area contributed by atoms with E-state index < -0.39 is 0 Å². The highest BCUT2D eigenvalue weighted by molar-refractivity contribution is 5.48. The van der Waals surface area contributed by atoms with Gasteiger partial charge in [-0.1, -0.05) is 6.07 Å². The van der Waals surface area contributed by atoms with Gasteiger partial charge in [0.25, 0.3) is 0 Å². The molecular formula is C17H28N4. The van der Waals surface area contributed by atoms with Crippen molar-refractivity contribution in [2.75, 3.05) is 37.6 Å². The second kappa shape index (κ2) is 6.75. The molecule has 4 heteroatoms. The van der Waals surface area contributed by atoms with Crippen molar-refractivity contribution >= 4 is 5.82 Å². The van der Waals surface area contributed by atoms with Crippen LogP contribution < -0.4 is 10.6 Å². The minimum absolute atomic E-state index is 0.0519. The molecule has 2 N–H and O–H groups in total. The average Bonchev–Trinajstić information content (AvgIpc) is 3.01. The maximum absolute atomic E-state index is 6.08. The molecule has 0 amide bonds. The van der Waals surface area contributed by atoms with Gasteiger partial charge >= 0.3 is 0 Å². The van der Waals surface area contributed by atoms with Crippen LogP contribution in [0.3, 0.4) is 0 Å². The lowest BCUT2D eigenvalue weighted by Gasteiger charge is -2.35. The molecule has 1 atom stereocenters. The van der Waals surface area contributed by atoms with Gasteiger partial charge in [0.1, 0.15) is 5.82 Å². The van der Waals surface area contributed by atoms with Gasteiger partial charge in [-0.2, -0.15) is 0 Å². The smallest absolute Gasteiger partial charge is 0.133 e. The van der Waals surface area contributed by atoms with E-state index >= 15 is 0 Å². The summed E-state index contributed by atoms with van der Waals surface area (Å²) in [6.07, 6.45) is 7.24. The van der Waals surface area contributed by atoms with Crippen molar-refractivity contribution in [2.24, 2.45) is 11.7 Å². The van der Waals surface area contributed by atoms with Gasteiger partial charge in [-0.05, 0) is 57.7 Å². The Kier molecular flexibility index (Phi) is 4.76. The van der Waals surface area contributed by atoms with Crippen LogP contribution in [0.5, 0.6) is 0 Å². The van der Waals surface area contributed by atoms with Crippen LogP contribution >= 0.6 is 0 Å². The first-order chi connectivity index (χ1) is 10.2. The molecule has 1 aromatic rings. The summed E-state index contributed by atoms with van der Waals surface area (Å²) >= 11 is 0. The topological polar surface area (TPSA) is 45.4 Å². The predicted molar refractivity (Wildman–Crippen MR) is 87.5 cm³/mol. The highest BCUT2D eigenvalue weighted by atomic mass is 15.2. The Morgan fingerprint density at radius 2 is 1.95 bits per heavy atom. The van der Waals surface area contributed by atoms with E-state index in [1.807, 2.05) is 19.2 Å². The monoisotopic (exact) mass is 288 g/mol. The van der Waals surface area contributed by atoms with Gasteiger partial charge in [0, 0.05) is 37.4 Å². The molecule has 0 saturated carbocycles. The van der Waals surface area contributed by atoms with E-state index in [0.29, 0.717) is 0 Å². The third-order valence-corrected chi connectivity index (χ3v) is 4.94. The lowest BCUT2D eigenvalue weighted by Crippen LogP contribution is -2.39. The van der Waals surface area contributed by atoms with Gasteiger partial charge in [-0.25, -0.2) is 4.98 Å². The van der Waals surface area contributed by atoms with Crippen LogP contribution in [0, 0.1) is 5.92 Å². The Morgan fingerprint density at radius 1 is 1.24 bits per heavy atom. The highest BCUT2D eigenvalue weighted by Gasteiger charge is 2.24. The number of aromatic nitrogens is 1. The standard InChI is InChI=1S/C17H28N4/c1-14(18)16-5-4-8-19-17(16)21-11-6-15(7-12-21)13-20-9-2-3-10-20/h4-5,8,14-15H,2-3,6-7,9-13,18H2,1H3/t14-/m0/s1. The number of anilines is 1. The number of likely N-dealkylation sites (tertiary alicyclic amines) is 1. The largest absolute Gasteiger partial charge is 0.356 e. The maximum Gasteiger partial charge on any atom is 0.133 e. The second-order valence-electron chi connectivity index (χ2n) is 6.64. The van der Waals surface area contributed by atoms with Crippen molar-refractivity contribution in [1.82, 2.24) is 9.88 Å². The van der Waals surface area contributed by atoms with Gasteiger partial charge in [0.2, 0.25) is 0 Å². The normalized spacial score (nSPS) is 22.7. The Hall–Kier alpha value is -1.13. The molecule has 0 spiro atoms. The van der Waals surface area contributed by atoms with E-state index in [0.717, 1.165) is 24.8 Å². The summed E-state index contributed by atoms with van der Waals surface area (Å²) < 4.78 is 0. The van der Waals surface area contributed by atoms with Crippen LogP contribution in [0.15, 0.2) is 18.3 Å². The van der Waals surface area contributed by atoms with E-state index in [1.165, 1.54) is 50.9 Å². The van der Waals surface area contributed by atoms with E-state index in [9.17, 15) is 0 Å². The predicted octanol–water partition coefficient (Wildman–Crippen LogP) is 2.41. The molecule has 3 rings (SSSR count). The lowest BCUT2D eigenvalue weighted by molar-refractivity contribution is 0.249. The van der Waals surface area contributed by atoms with Crippen molar-refractivity contribution < 1.29 is 0 Å². The fourth-order valence-electron chi connectivity index (χ4n) is 3.69. The molecule has 21 heavy (non-hydrogen) atoms. The number of piperidine rings is 1. The summed E-state index contributed by atoms with van der Waals surface area (Å²) in [5.74, 6) is 1.97. The number of hydrogen-bond acceptors (Lipinski definition) is 4. The summed E-state index contributed by atoms with van der Waals surface area (Å²) in [6.45, 7) is 8.21. The van der Waals surface area contributed by atoms with E-state index in [4.69, 9.17) is 5.73 Å².